The molecule has 2 aliphatic rings. The number of fused-ring (bicyclic) bond motifs is 1. The van der Waals surface area contributed by atoms with E-state index in [4.69, 9.17) is 9.47 Å². The number of ether oxygens (including phenoxy) is 2. The van der Waals surface area contributed by atoms with Gasteiger partial charge in [0.25, 0.3) is 0 Å². The van der Waals surface area contributed by atoms with Crippen LogP contribution in [0.15, 0.2) is 24.4 Å². The molecule has 0 atom stereocenters. The highest BCUT2D eigenvalue weighted by Crippen LogP contribution is 2.25. The molecule has 134 valence electrons. The van der Waals surface area contributed by atoms with Gasteiger partial charge < -0.3 is 19.9 Å². The molecule has 1 saturated carbocycles. The first kappa shape index (κ1) is 16.5. The number of anilines is 1. The van der Waals surface area contributed by atoms with Crippen molar-refractivity contribution in [1.82, 2.24) is 9.97 Å². The summed E-state index contributed by atoms with van der Waals surface area (Å²) in [5, 5.41) is 14.0. The Hall–Kier alpha value is -1.92. The highest BCUT2D eigenvalue weighted by Gasteiger charge is 2.20. The summed E-state index contributed by atoms with van der Waals surface area (Å²) >= 11 is 0. The Balaban J connectivity index is 1.46. The normalized spacial score (nSPS) is 25.0. The Labute approximate surface area is 147 Å². The van der Waals surface area contributed by atoms with Crippen LogP contribution in [-0.2, 0) is 4.74 Å². The third-order valence-electron chi connectivity index (χ3n) is 5.06. The quantitative estimate of drug-likeness (QED) is 0.889. The number of aliphatic hydroxyl groups excluding tert-OH is 1. The van der Waals surface area contributed by atoms with Crippen molar-refractivity contribution in [3.63, 3.8) is 0 Å². The van der Waals surface area contributed by atoms with E-state index in [1.807, 2.05) is 24.4 Å². The van der Waals surface area contributed by atoms with E-state index in [0.29, 0.717) is 12.0 Å². The molecule has 0 bridgehead atoms. The second kappa shape index (κ2) is 7.54. The highest BCUT2D eigenvalue weighted by atomic mass is 16.5. The monoisotopic (exact) mass is 343 g/mol. The molecule has 0 spiro atoms. The lowest BCUT2D eigenvalue weighted by atomic mass is 9.93. The largest absolute Gasteiger partial charge is 0.490 e. The molecule has 2 heterocycles. The van der Waals surface area contributed by atoms with Gasteiger partial charge in [-0.3, -0.25) is 0 Å². The first-order valence-corrected chi connectivity index (χ1v) is 9.22. The van der Waals surface area contributed by atoms with Crippen LogP contribution in [0, 0.1) is 0 Å². The maximum absolute atomic E-state index is 9.62. The van der Waals surface area contributed by atoms with E-state index < -0.39 is 0 Å². The standard InChI is InChI=1S/C19H25N3O3/c23-15-4-2-14(3-5-15)21-19-20-12-13-1-6-17(11-18(13)22-19)25-16-7-9-24-10-8-16/h1,6,11-12,14-16,23H,2-5,7-10H2,(H,20,21,22). The molecule has 6 nitrogen and oxygen atoms in total. The molecule has 2 N–H and O–H groups in total. The Bertz CT molecular complexity index is 710. The predicted octanol–water partition coefficient (Wildman–Crippen LogP) is 2.90. The van der Waals surface area contributed by atoms with E-state index >= 15 is 0 Å². The van der Waals surface area contributed by atoms with Gasteiger partial charge in [0.1, 0.15) is 11.9 Å². The molecule has 1 aliphatic carbocycles. The van der Waals surface area contributed by atoms with E-state index in [1.54, 1.807) is 0 Å². The van der Waals surface area contributed by atoms with Crippen molar-refractivity contribution < 1.29 is 14.6 Å². The number of nitrogens with zero attached hydrogens (tertiary/aromatic N) is 2. The van der Waals surface area contributed by atoms with E-state index in [-0.39, 0.29) is 12.2 Å². The first-order valence-electron chi connectivity index (χ1n) is 9.22. The number of hydrogen-bond donors (Lipinski definition) is 2. The second-order valence-corrected chi connectivity index (χ2v) is 6.99. The number of aliphatic hydroxyl groups is 1. The molecular formula is C19H25N3O3. The summed E-state index contributed by atoms with van der Waals surface area (Å²) in [5.74, 6) is 1.50. The highest BCUT2D eigenvalue weighted by molar-refractivity contribution is 5.80. The van der Waals surface area contributed by atoms with Crippen LogP contribution < -0.4 is 10.1 Å². The van der Waals surface area contributed by atoms with Crippen molar-refractivity contribution >= 4 is 16.9 Å². The van der Waals surface area contributed by atoms with E-state index in [1.165, 1.54) is 0 Å². The zero-order chi connectivity index (χ0) is 17.1. The van der Waals surface area contributed by atoms with Crippen LogP contribution in [0.5, 0.6) is 5.75 Å². The molecule has 1 aliphatic heterocycles. The minimum absolute atomic E-state index is 0.152. The molecule has 25 heavy (non-hydrogen) atoms. The minimum atomic E-state index is -0.152. The third kappa shape index (κ3) is 4.19. The van der Waals surface area contributed by atoms with Crippen LogP contribution in [-0.4, -0.2) is 46.5 Å². The molecule has 1 aromatic heterocycles. The number of benzene rings is 1. The molecule has 0 radical (unpaired) electrons. The summed E-state index contributed by atoms with van der Waals surface area (Å²) in [6, 6.07) is 6.31. The van der Waals surface area contributed by atoms with Crippen LogP contribution >= 0.6 is 0 Å². The molecule has 0 unspecified atom stereocenters. The number of nitrogens with one attached hydrogen (secondary N) is 1. The van der Waals surface area contributed by atoms with Gasteiger partial charge in [-0.1, -0.05) is 0 Å². The lowest BCUT2D eigenvalue weighted by Gasteiger charge is -2.26. The zero-order valence-electron chi connectivity index (χ0n) is 14.4. The fraction of sp³-hybridized carbons (Fsp3) is 0.579. The van der Waals surface area contributed by atoms with Crippen LogP contribution in [0.2, 0.25) is 0 Å². The van der Waals surface area contributed by atoms with Gasteiger partial charge in [0.05, 0.1) is 24.8 Å². The molecular weight excluding hydrogens is 318 g/mol. The molecule has 1 aromatic carbocycles. The summed E-state index contributed by atoms with van der Waals surface area (Å²) in [6.07, 6.45) is 7.37. The van der Waals surface area contributed by atoms with Crippen molar-refractivity contribution in [2.75, 3.05) is 18.5 Å². The van der Waals surface area contributed by atoms with Crippen molar-refractivity contribution in [3.05, 3.63) is 24.4 Å². The van der Waals surface area contributed by atoms with Crippen LogP contribution in [0.3, 0.4) is 0 Å². The Kier molecular flexibility index (Phi) is 4.99. The number of hydrogen-bond acceptors (Lipinski definition) is 6. The summed E-state index contributed by atoms with van der Waals surface area (Å²) in [7, 11) is 0. The van der Waals surface area contributed by atoms with Crippen molar-refractivity contribution in [1.29, 1.82) is 0 Å². The smallest absolute Gasteiger partial charge is 0.223 e. The van der Waals surface area contributed by atoms with Gasteiger partial charge in [0, 0.05) is 36.5 Å². The summed E-state index contributed by atoms with van der Waals surface area (Å²) in [6.45, 7) is 1.54. The minimum Gasteiger partial charge on any atom is -0.490 e. The van der Waals surface area contributed by atoms with Crippen LogP contribution in [0.4, 0.5) is 5.95 Å². The average molecular weight is 343 g/mol. The van der Waals surface area contributed by atoms with Gasteiger partial charge in [0.2, 0.25) is 5.95 Å². The maximum atomic E-state index is 9.62. The topological polar surface area (TPSA) is 76.5 Å². The second-order valence-electron chi connectivity index (χ2n) is 6.99. The van der Waals surface area contributed by atoms with Crippen LogP contribution in [0.25, 0.3) is 10.9 Å². The van der Waals surface area contributed by atoms with Crippen molar-refractivity contribution in [2.45, 2.75) is 56.8 Å². The molecule has 0 amide bonds. The van der Waals surface area contributed by atoms with Crippen molar-refractivity contribution in [3.8, 4) is 5.75 Å². The molecule has 6 heteroatoms. The van der Waals surface area contributed by atoms with Gasteiger partial charge in [-0.15, -0.1) is 0 Å². The summed E-state index contributed by atoms with van der Waals surface area (Å²) in [5.41, 5.74) is 0.887. The van der Waals surface area contributed by atoms with Gasteiger partial charge in [-0.2, -0.15) is 0 Å². The fourth-order valence-electron chi connectivity index (χ4n) is 3.53. The molecule has 1 saturated heterocycles. The molecule has 2 aromatic rings. The zero-order valence-corrected chi connectivity index (χ0v) is 14.4. The van der Waals surface area contributed by atoms with Crippen molar-refractivity contribution in [2.24, 2.45) is 0 Å². The van der Waals surface area contributed by atoms with E-state index in [9.17, 15) is 5.11 Å². The Morgan fingerprint density at radius 2 is 1.88 bits per heavy atom. The average Bonchev–Trinajstić information content (AvgIpc) is 2.64. The SMILES string of the molecule is OC1CCC(Nc2ncc3ccc(OC4CCOCC4)cc3n2)CC1. The molecule has 4 rings (SSSR count). The first-order chi connectivity index (χ1) is 12.3. The van der Waals surface area contributed by atoms with E-state index in [0.717, 1.165) is 68.4 Å². The molecule has 2 fully saturated rings. The summed E-state index contributed by atoms with van der Waals surface area (Å²) < 4.78 is 11.5. The van der Waals surface area contributed by atoms with Crippen LogP contribution in [0.1, 0.15) is 38.5 Å². The van der Waals surface area contributed by atoms with Gasteiger partial charge >= 0.3 is 0 Å². The number of rotatable bonds is 4. The van der Waals surface area contributed by atoms with Gasteiger partial charge in [-0.05, 0) is 37.8 Å². The van der Waals surface area contributed by atoms with Gasteiger partial charge in [0.15, 0.2) is 0 Å². The number of aromatic nitrogens is 2. The Morgan fingerprint density at radius 3 is 2.68 bits per heavy atom. The lowest BCUT2D eigenvalue weighted by molar-refractivity contribution is 0.0256. The third-order valence-corrected chi connectivity index (χ3v) is 5.06. The van der Waals surface area contributed by atoms with E-state index in [2.05, 4.69) is 15.3 Å². The van der Waals surface area contributed by atoms with Gasteiger partial charge in [-0.25, -0.2) is 9.97 Å². The fourth-order valence-corrected chi connectivity index (χ4v) is 3.53. The summed E-state index contributed by atoms with van der Waals surface area (Å²) in [4.78, 5) is 9.08. The maximum Gasteiger partial charge on any atom is 0.223 e. The Morgan fingerprint density at radius 1 is 1.08 bits per heavy atom. The lowest BCUT2D eigenvalue weighted by Crippen LogP contribution is -2.28. The predicted molar refractivity (Wildman–Crippen MR) is 95.9 cm³/mol.